The monoisotopic (exact) mass is 357 g/mol. The topological polar surface area (TPSA) is 80.2 Å². The smallest absolute Gasteiger partial charge is 0.237 e. The first-order valence-corrected chi connectivity index (χ1v) is 9.68. The third-order valence-electron chi connectivity index (χ3n) is 3.40. The zero-order valence-corrected chi connectivity index (χ0v) is 14.0. The van der Waals surface area contributed by atoms with E-state index in [2.05, 4.69) is 10.2 Å². The lowest BCUT2D eigenvalue weighted by Crippen LogP contribution is -2.26. The van der Waals surface area contributed by atoms with Gasteiger partial charge in [-0.25, -0.2) is 8.42 Å². The van der Waals surface area contributed by atoms with Gasteiger partial charge in [-0.15, -0.1) is 10.2 Å². The number of carbonyl (C=O) groups is 1. The van der Waals surface area contributed by atoms with E-state index in [1.807, 2.05) is 31.2 Å². The van der Waals surface area contributed by atoms with Crippen molar-refractivity contribution in [2.75, 3.05) is 11.4 Å². The Morgan fingerprint density at radius 2 is 2.14 bits per heavy atom. The average molecular weight is 358 g/mol. The van der Waals surface area contributed by atoms with Crippen LogP contribution in [0.1, 0.15) is 12.0 Å². The minimum absolute atomic E-state index is 0.0209. The van der Waals surface area contributed by atoms with Crippen LogP contribution in [-0.2, 0) is 13.8 Å². The van der Waals surface area contributed by atoms with Crippen LogP contribution in [0.4, 0.5) is 5.13 Å². The highest BCUT2D eigenvalue weighted by atomic mass is 35.7. The van der Waals surface area contributed by atoms with Crippen LogP contribution in [0.5, 0.6) is 0 Å². The van der Waals surface area contributed by atoms with E-state index in [0.717, 1.165) is 11.1 Å². The number of amides is 1. The third kappa shape index (κ3) is 2.99. The molecule has 1 aromatic heterocycles. The summed E-state index contributed by atoms with van der Waals surface area (Å²) < 4.78 is 22.7. The highest BCUT2D eigenvalue weighted by Crippen LogP contribution is 2.32. The predicted octanol–water partition coefficient (Wildman–Crippen LogP) is 2.19. The molecule has 22 heavy (non-hydrogen) atoms. The van der Waals surface area contributed by atoms with Crippen LogP contribution >= 0.6 is 22.0 Å². The molecule has 1 atom stereocenters. The average Bonchev–Trinajstić information content (AvgIpc) is 3.04. The highest BCUT2D eigenvalue weighted by molar-refractivity contribution is 8.14. The minimum atomic E-state index is -3.76. The maximum atomic E-state index is 12.0. The van der Waals surface area contributed by atoms with Crippen molar-refractivity contribution in [3.8, 4) is 10.6 Å². The summed E-state index contributed by atoms with van der Waals surface area (Å²) in [6.07, 6.45) is -0.120. The van der Waals surface area contributed by atoms with E-state index >= 15 is 0 Å². The molecule has 1 aromatic carbocycles. The van der Waals surface area contributed by atoms with Gasteiger partial charge in [-0.2, -0.15) is 0 Å². The summed E-state index contributed by atoms with van der Waals surface area (Å²) in [5, 5.41) is 8.27. The first kappa shape index (κ1) is 15.4. The van der Waals surface area contributed by atoms with Gasteiger partial charge in [0.1, 0.15) is 10.3 Å². The number of hydrogen-bond acceptors (Lipinski definition) is 6. The number of rotatable bonds is 3. The summed E-state index contributed by atoms with van der Waals surface area (Å²) in [5.74, 6) is -0.304. The van der Waals surface area contributed by atoms with Gasteiger partial charge in [0.05, 0.1) is 0 Å². The SMILES string of the molecule is Cc1cccc(-c2nnc(N3CC(S(=O)(=O)Cl)CC3=O)s2)c1. The van der Waals surface area contributed by atoms with Gasteiger partial charge in [0, 0.05) is 29.2 Å². The number of aromatic nitrogens is 2. The van der Waals surface area contributed by atoms with Crippen molar-refractivity contribution in [1.82, 2.24) is 10.2 Å². The number of aryl methyl sites for hydroxylation is 1. The maximum Gasteiger partial charge on any atom is 0.237 e. The number of nitrogens with zero attached hydrogens (tertiary/aromatic N) is 3. The van der Waals surface area contributed by atoms with E-state index in [4.69, 9.17) is 10.7 Å². The van der Waals surface area contributed by atoms with E-state index in [0.29, 0.717) is 10.1 Å². The van der Waals surface area contributed by atoms with Crippen molar-refractivity contribution >= 4 is 42.1 Å². The van der Waals surface area contributed by atoms with E-state index in [1.54, 1.807) is 0 Å². The summed E-state index contributed by atoms with van der Waals surface area (Å²) in [4.78, 5) is 13.3. The molecule has 1 amide bonds. The van der Waals surface area contributed by atoms with Crippen molar-refractivity contribution < 1.29 is 13.2 Å². The van der Waals surface area contributed by atoms with Gasteiger partial charge in [-0.05, 0) is 13.0 Å². The zero-order valence-electron chi connectivity index (χ0n) is 11.6. The van der Waals surface area contributed by atoms with Gasteiger partial charge in [-0.1, -0.05) is 35.1 Å². The van der Waals surface area contributed by atoms with Crippen LogP contribution in [0.25, 0.3) is 10.6 Å². The summed E-state index contributed by atoms with van der Waals surface area (Å²) in [7, 11) is 1.58. The van der Waals surface area contributed by atoms with E-state index in [1.165, 1.54) is 16.2 Å². The van der Waals surface area contributed by atoms with Crippen LogP contribution in [-0.4, -0.2) is 36.3 Å². The van der Waals surface area contributed by atoms with Crippen LogP contribution < -0.4 is 4.90 Å². The molecule has 0 spiro atoms. The lowest BCUT2D eigenvalue weighted by Gasteiger charge is -2.10. The standard InChI is InChI=1S/C13H12ClN3O3S2/c1-8-3-2-4-9(5-8)12-15-16-13(21-12)17-7-10(6-11(17)18)22(14,19)20/h2-5,10H,6-7H2,1H3. The summed E-state index contributed by atoms with van der Waals surface area (Å²) in [6, 6.07) is 7.78. The Hall–Kier alpha value is -1.51. The molecule has 0 bridgehead atoms. The molecule has 1 aliphatic rings. The van der Waals surface area contributed by atoms with Gasteiger partial charge < -0.3 is 0 Å². The molecular weight excluding hydrogens is 346 g/mol. The molecule has 1 unspecified atom stereocenters. The van der Waals surface area contributed by atoms with E-state index in [9.17, 15) is 13.2 Å². The van der Waals surface area contributed by atoms with Crippen molar-refractivity contribution in [1.29, 1.82) is 0 Å². The Kier molecular flexibility index (Phi) is 3.92. The number of carbonyl (C=O) groups excluding carboxylic acids is 1. The summed E-state index contributed by atoms with van der Waals surface area (Å²) in [6.45, 7) is 2.00. The van der Waals surface area contributed by atoms with Crippen molar-refractivity contribution in [3.05, 3.63) is 29.8 Å². The highest BCUT2D eigenvalue weighted by Gasteiger charge is 2.39. The van der Waals surface area contributed by atoms with Crippen LogP contribution in [0, 0.1) is 6.92 Å². The molecule has 9 heteroatoms. The number of anilines is 1. The fourth-order valence-electron chi connectivity index (χ4n) is 2.27. The number of halogens is 1. The molecule has 116 valence electrons. The van der Waals surface area contributed by atoms with Crippen LogP contribution in [0.3, 0.4) is 0 Å². The summed E-state index contributed by atoms with van der Waals surface area (Å²) >= 11 is 1.25. The van der Waals surface area contributed by atoms with Crippen LogP contribution in [0.2, 0.25) is 0 Å². The Bertz CT molecular complexity index is 835. The van der Waals surface area contributed by atoms with Gasteiger partial charge in [0.2, 0.25) is 20.1 Å². The second kappa shape index (κ2) is 5.60. The molecular formula is C13H12ClN3O3S2. The second-order valence-electron chi connectivity index (χ2n) is 5.07. The van der Waals surface area contributed by atoms with E-state index < -0.39 is 14.3 Å². The van der Waals surface area contributed by atoms with E-state index in [-0.39, 0.29) is 18.9 Å². The molecule has 3 rings (SSSR count). The molecule has 6 nitrogen and oxygen atoms in total. The Morgan fingerprint density at radius 1 is 1.36 bits per heavy atom. The van der Waals surface area contributed by atoms with Crippen molar-refractivity contribution in [2.24, 2.45) is 0 Å². The molecule has 1 fully saturated rings. The quantitative estimate of drug-likeness (QED) is 0.786. The van der Waals surface area contributed by atoms with Crippen LogP contribution in [0.15, 0.2) is 24.3 Å². The molecule has 0 saturated carbocycles. The molecule has 0 N–H and O–H groups in total. The normalized spacial score (nSPS) is 18.9. The fourth-order valence-corrected chi connectivity index (χ4v) is 4.16. The van der Waals surface area contributed by atoms with Gasteiger partial charge in [-0.3, -0.25) is 9.69 Å². The molecule has 1 saturated heterocycles. The predicted molar refractivity (Wildman–Crippen MR) is 85.6 cm³/mol. The lowest BCUT2D eigenvalue weighted by molar-refractivity contribution is -0.117. The van der Waals surface area contributed by atoms with Gasteiger partial charge >= 0.3 is 0 Å². The molecule has 2 aromatic rings. The number of hydrogen-bond donors (Lipinski definition) is 0. The Balaban J connectivity index is 1.87. The lowest BCUT2D eigenvalue weighted by atomic mass is 10.1. The molecule has 0 aliphatic carbocycles. The molecule has 0 radical (unpaired) electrons. The fraction of sp³-hybridized carbons (Fsp3) is 0.308. The first-order valence-electron chi connectivity index (χ1n) is 6.49. The number of benzene rings is 1. The zero-order chi connectivity index (χ0) is 15.9. The largest absolute Gasteiger partial charge is 0.285 e. The van der Waals surface area contributed by atoms with Gasteiger partial charge in [0.25, 0.3) is 0 Å². The Labute approximate surface area is 136 Å². The maximum absolute atomic E-state index is 12.0. The first-order chi connectivity index (χ1) is 10.3. The van der Waals surface area contributed by atoms with Crippen molar-refractivity contribution in [3.63, 3.8) is 0 Å². The summed E-state index contributed by atoms with van der Waals surface area (Å²) in [5.41, 5.74) is 2.01. The third-order valence-corrected chi connectivity index (χ3v) is 6.26. The Morgan fingerprint density at radius 3 is 2.77 bits per heavy atom. The van der Waals surface area contributed by atoms with Gasteiger partial charge in [0.15, 0.2) is 0 Å². The van der Waals surface area contributed by atoms with Crippen molar-refractivity contribution in [2.45, 2.75) is 18.6 Å². The minimum Gasteiger partial charge on any atom is -0.285 e. The molecule has 2 heterocycles. The second-order valence-corrected chi connectivity index (χ2v) is 8.93. The molecule has 1 aliphatic heterocycles.